The molecule has 0 saturated carbocycles. The van der Waals surface area contributed by atoms with Crippen molar-refractivity contribution >= 4 is 17.9 Å². The minimum atomic E-state index is -0.595. The minimum Gasteiger partial charge on any atom is -0.468 e. The number of ether oxygens (including phenoxy) is 3. The van der Waals surface area contributed by atoms with Gasteiger partial charge in [0.05, 0.1) is 7.11 Å². The lowest BCUT2D eigenvalue weighted by atomic mass is 10.1. The molecule has 0 aliphatic rings. The molecule has 0 radical (unpaired) electrons. The van der Waals surface area contributed by atoms with Crippen LogP contribution in [0, 0.1) is 0 Å². The Morgan fingerprint density at radius 2 is 1.82 bits per heavy atom. The van der Waals surface area contributed by atoms with Crippen molar-refractivity contribution in [1.29, 1.82) is 0 Å². The van der Waals surface area contributed by atoms with Gasteiger partial charge in [-0.3, -0.25) is 14.4 Å². The maximum Gasteiger partial charge on any atom is 0.322 e. The molecule has 0 heterocycles. The van der Waals surface area contributed by atoms with Gasteiger partial charge < -0.3 is 25.3 Å². The number of hydrogen-bond donors (Lipinski definition) is 2. The lowest BCUT2D eigenvalue weighted by Gasteiger charge is -2.17. The monoisotopic (exact) mass is 318 g/mol. The van der Waals surface area contributed by atoms with E-state index in [0.29, 0.717) is 19.5 Å². The van der Waals surface area contributed by atoms with Crippen molar-refractivity contribution in [3.63, 3.8) is 0 Å². The highest BCUT2D eigenvalue weighted by Crippen LogP contribution is 2.00. The van der Waals surface area contributed by atoms with Crippen LogP contribution in [-0.2, 0) is 28.6 Å². The molecule has 128 valence electrons. The topological polar surface area (TPSA) is 117 Å². The van der Waals surface area contributed by atoms with E-state index < -0.39 is 30.1 Å². The average molecular weight is 318 g/mol. The van der Waals surface area contributed by atoms with Gasteiger partial charge in [0.15, 0.2) is 0 Å². The van der Waals surface area contributed by atoms with Gasteiger partial charge in [-0.2, -0.15) is 0 Å². The van der Waals surface area contributed by atoms with Gasteiger partial charge in [0.25, 0.3) is 0 Å². The molecule has 0 amide bonds. The van der Waals surface area contributed by atoms with Crippen molar-refractivity contribution in [1.82, 2.24) is 5.32 Å². The van der Waals surface area contributed by atoms with Crippen LogP contribution in [0.15, 0.2) is 0 Å². The number of esters is 3. The second kappa shape index (κ2) is 11.9. The first-order valence-corrected chi connectivity index (χ1v) is 7.21. The van der Waals surface area contributed by atoms with Gasteiger partial charge in [-0.15, -0.1) is 0 Å². The van der Waals surface area contributed by atoms with E-state index in [-0.39, 0.29) is 6.61 Å². The molecule has 8 nitrogen and oxygen atoms in total. The van der Waals surface area contributed by atoms with Crippen LogP contribution < -0.4 is 11.1 Å². The van der Waals surface area contributed by atoms with Crippen molar-refractivity contribution < 1.29 is 28.6 Å². The Balaban J connectivity index is 3.81. The first-order valence-electron chi connectivity index (χ1n) is 7.21. The molecule has 2 atom stereocenters. The van der Waals surface area contributed by atoms with Gasteiger partial charge in [0.1, 0.15) is 18.8 Å². The predicted octanol–water partition coefficient (Wildman–Crippen LogP) is -0.259. The largest absolute Gasteiger partial charge is 0.468 e. The van der Waals surface area contributed by atoms with E-state index in [1.807, 2.05) is 0 Å². The Hall–Kier alpha value is -1.67. The summed E-state index contributed by atoms with van der Waals surface area (Å²) >= 11 is 0. The quantitative estimate of drug-likeness (QED) is 0.304. The van der Waals surface area contributed by atoms with Crippen molar-refractivity contribution in [3.8, 4) is 0 Å². The molecule has 0 bridgehead atoms. The molecule has 8 heteroatoms. The fourth-order valence-electron chi connectivity index (χ4n) is 1.73. The van der Waals surface area contributed by atoms with Gasteiger partial charge in [0, 0.05) is 20.4 Å². The summed E-state index contributed by atoms with van der Waals surface area (Å²) in [4.78, 5) is 32.8. The highest BCUT2D eigenvalue weighted by atomic mass is 16.6. The summed E-state index contributed by atoms with van der Waals surface area (Å²) in [5, 5.41) is 3.11. The normalized spacial score (nSPS) is 13.1. The van der Waals surface area contributed by atoms with Crippen LogP contribution >= 0.6 is 0 Å². The second-order valence-electron chi connectivity index (χ2n) is 4.86. The Labute approximate surface area is 130 Å². The summed E-state index contributed by atoms with van der Waals surface area (Å²) in [6.07, 6.45) is 1.62. The zero-order valence-electron chi connectivity index (χ0n) is 13.4. The fraction of sp³-hybridized carbons (Fsp3) is 0.786. The van der Waals surface area contributed by atoms with E-state index in [1.54, 1.807) is 0 Å². The highest BCUT2D eigenvalue weighted by Gasteiger charge is 2.14. The third-order valence-corrected chi connectivity index (χ3v) is 2.80. The van der Waals surface area contributed by atoms with E-state index in [0.717, 1.165) is 12.8 Å². The Bertz CT molecular complexity index is 361. The third kappa shape index (κ3) is 11.0. The number of hydrogen-bond acceptors (Lipinski definition) is 8. The predicted molar refractivity (Wildman–Crippen MR) is 78.9 cm³/mol. The van der Waals surface area contributed by atoms with Crippen LogP contribution in [0.3, 0.4) is 0 Å². The molecule has 0 saturated heterocycles. The molecule has 0 aliphatic heterocycles. The Morgan fingerprint density at radius 3 is 2.36 bits per heavy atom. The van der Waals surface area contributed by atoms with Gasteiger partial charge in [-0.25, -0.2) is 0 Å². The average Bonchev–Trinajstić information content (AvgIpc) is 2.46. The van der Waals surface area contributed by atoms with Gasteiger partial charge in [0.2, 0.25) is 0 Å². The molecular formula is C14H26N2O6. The smallest absolute Gasteiger partial charge is 0.322 e. The molecule has 0 aromatic carbocycles. The summed E-state index contributed by atoms with van der Waals surface area (Å²) in [7, 11) is 1.31. The molecule has 0 spiro atoms. The van der Waals surface area contributed by atoms with E-state index >= 15 is 0 Å². The molecule has 3 N–H and O–H groups in total. The summed E-state index contributed by atoms with van der Waals surface area (Å²) in [6.45, 7) is 3.68. The number of unbranched alkanes of at least 4 members (excludes halogenated alkanes) is 1. The maximum absolute atomic E-state index is 11.1. The minimum absolute atomic E-state index is 0.0229. The lowest BCUT2D eigenvalue weighted by molar-refractivity contribution is -0.155. The van der Waals surface area contributed by atoms with Gasteiger partial charge >= 0.3 is 17.9 Å². The summed E-state index contributed by atoms with van der Waals surface area (Å²) < 4.78 is 14.4. The standard InChI is InChI=1S/C14H26N2O6/c1-10(17)21-9-12(22-11(2)18)8-16-7-5-4-6-13(15)14(19)20-3/h12-13,16H,4-9,15H2,1-3H3. The van der Waals surface area contributed by atoms with E-state index in [1.165, 1.54) is 21.0 Å². The second-order valence-corrected chi connectivity index (χ2v) is 4.86. The van der Waals surface area contributed by atoms with Crippen molar-refractivity contribution in [2.75, 3.05) is 26.8 Å². The molecule has 0 rings (SSSR count). The zero-order chi connectivity index (χ0) is 17.0. The SMILES string of the molecule is COC(=O)C(N)CCCCNCC(COC(C)=O)OC(C)=O. The summed E-state index contributed by atoms with van der Waals surface area (Å²) in [5.41, 5.74) is 5.61. The Kier molecular flexibility index (Phi) is 11.0. The van der Waals surface area contributed by atoms with E-state index in [9.17, 15) is 14.4 Å². The number of carbonyl (C=O) groups excluding carboxylic acids is 3. The third-order valence-electron chi connectivity index (χ3n) is 2.80. The summed E-state index contributed by atoms with van der Waals surface area (Å²) in [5.74, 6) is -1.26. The lowest BCUT2D eigenvalue weighted by Crippen LogP contribution is -2.35. The first-order chi connectivity index (χ1) is 10.4. The molecule has 0 aromatic rings. The van der Waals surface area contributed by atoms with Crippen LogP contribution in [0.5, 0.6) is 0 Å². The van der Waals surface area contributed by atoms with Crippen LogP contribution in [0.25, 0.3) is 0 Å². The van der Waals surface area contributed by atoms with Crippen molar-refractivity contribution in [2.45, 2.75) is 45.3 Å². The molecule has 0 aromatic heterocycles. The van der Waals surface area contributed by atoms with Gasteiger partial charge in [-0.05, 0) is 19.4 Å². The fourth-order valence-corrected chi connectivity index (χ4v) is 1.73. The number of carbonyl (C=O) groups is 3. The first kappa shape index (κ1) is 20.3. The molecular weight excluding hydrogens is 292 g/mol. The van der Waals surface area contributed by atoms with Crippen molar-refractivity contribution in [3.05, 3.63) is 0 Å². The molecule has 2 unspecified atom stereocenters. The number of nitrogens with two attached hydrogens (primary N) is 1. The number of rotatable bonds is 11. The van der Waals surface area contributed by atoms with Gasteiger partial charge in [-0.1, -0.05) is 6.42 Å². The molecule has 0 fully saturated rings. The van der Waals surface area contributed by atoms with Crippen LogP contribution in [0.4, 0.5) is 0 Å². The molecule has 0 aliphatic carbocycles. The van der Waals surface area contributed by atoms with Crippen LogP contribution in [-0.4, -0.2) is 56.9 Å². The number of methoxy groups -OCH3 is 1. The highest BCUT2D eigenvalue weighted by molar-refractivity contribution is 5.75. The Morgan fingerprint density at radius 1 is 1.14 bits per heavy atom. The zero-order valence-corrected chi connectivity index (χ0v) is 13.4. The van der Waals surface area contributed by atoms with Crippen molar-refractivity contribution in [2.24, 2.45) is 5.73 Å². The molecule has 22 heavy (non-hydrogen) atoms. The summed E-state index contributed by atoms with van der Waals surface area (Å²) in [6, 6.07) is -0.595. The van der Waals surface area contributed by atoms with E-state index in [4.69, 9.17) is 15.2 Å². The maximum atomic E-state index is 11.1. The van der Waals surface area contributed by atoms with Crippen LogP contribution in [0.2, 0.25) is 0 Å². The van der Waals surface area contributed by atoms with Crippen LogP contribution in [0.1, 0.15) is 33.1 Å². The number of nitrogens with one attached hydrogen (secondary N) is 1. The van der Waals surface area contributed by atoms with E-state index in [2.05, 4.69) is 10.1 Å².